The number of aryl methyl sites for hydroxylation is 1. The number of hydrogen-bond donors (Lipinski definition) is 1. The summed E-state index contributed by atoms with van der Waals surface area (Å²) in [6, 6.07) is 4.85. The zero-order valence-corrected chi connectivity index (χ0v) is 14.6. The minimum absolute atomic E-state index is 0.275. The van der Waals surface area contributed by atoms with Gasteiger partial charge in [0.05, 0.1) is 21.4 Å². The summed E-state index contributed by atoms with van der Waals surface area (Å²) in [6.07, 6.45) is -0.474. The number of nitrogens with one attached hydrogen (secondary N) is 1. The van der Waals surface area contributed by atoms with E-state index in [0.717, 1.165) is 11.5 Å². The Hall–Kier alpha value is -1.70. The number of esters is 1. The molecule has 0 saturated heterocycles. The number of anilines is 1. The molecule has 9 heteroatoms. The summed E-state index contributed by atoms with van der Waals surface area (Å²) < 4.78 is 8.86. The molecule has 0 aliphatic heterocycles. The van der Waals surface area contributed by atoms with Crippen molar-refractivity contribution in [2.24, 2.45) is 0 Å². The van der Waals surface area contributed by atoms with Crippen molar-refractivity contribution in [1.82, 2.24) is 9.59 Å². The van der Waals surface area contributed by atoms with E-state index in [4.69, 9.17) is 27.9 Å². The summed E-state index contributed by atoms with van der Waals surface area (Å²) in [4.78, 5) is 24.5. The molecule has 0 bridgehead atoms. The average molecular weight is 374 g/mol. The van der Waals surface area contributed by atoms with Crippen LogP contribution in [0.2, 0.25) is 10.0 Å². The lowest BCUT2D eigenvalue weighted by Crippen LogP contribution is -2.30. The van der Waals surface area contributed by atoms with E-state index in [9.17, 15) is 9.59 Å². The van der Waals surface area contributed by atoms with Crippen LogP contribution in [0.4, 0.5) is 5.69 Å². The number of carbonyl (C=O) groups is 2. The molecule has 0 radical (unpaired) electrons. The number of aromatic nitrogens is 2. The second kappa shape index (κ2) is 7.72. The van der Waals surface area contributed by atoms with Crippen molar-refractivity contribution in [3.8, 4) is 0 Å². The fraction of sp³-hybridized carbons (Fsp3) is 0.286. The molecular formula is C14H13Cl2N3O3S. The molecule has 1 amide bonds. The summed E-state index contributed by atoms with van der Waals surface area (Å²) in [6.45, 7) is 3.31. The van der Waals surface area contributed by atoms with Gasteiger partial charge >= 0.3 is 5.97 Å². The Kier molecular flexibility index (Phi) is 5.92. The van der Waals surface area contributed by atoms with Crippen LogP contribution in [0, 0.1) is 0 Å². The number of nitrogens with zero attached hydrogens (tertiary/aromatic N) is 2. The maximum atomic E-state index is 12.1. The molecule has 0 unspecified atom stereocenters. The second-order valence-electron chi connectivity index (χ2n) is 4.54. The zero-order chi connectivity index (χ0) is 17.0. The van der Waals surface area contributed by atoms with Crippen molar-refractivity contribution in [3.63, 3.8) is 0 Å². The smallest absolute Gasteiger partial charge is 0.352 e. The van der Waals surface area contributed by atoms with E-state index in [0.29, 0.717) is 27.0 Å². The van der Waals surface area contributed by atoms with Gasteiger partial charge < -0.3 is 10.1 Å². The topological polar surface area (TPSA) is 81.2 Å². The van der Waals surface area contributed by atoms with Crippen LogP contribution in [-0.4, -0.2) is 27.6 Å². The lowest BCUT2D eigenvalue weighted by molar-refractivity contribution is -0.123. The predicted molar refractivity (Wildman–Crippen MR) is 89.3 cm³/mol. The van der Waals surface area contributed by atoms with Crippen LogP contribution in [0.5, 0.6) is 0 Å². The lowest BCUT2D eigenvalue weighted by atomic mass is 10.3. The first-order chi connectivity index (χ1) is 10.9. The Labute approximate surface area is 146 Å². The van der Waals surface area contributed by atoms with Gasteiger partial charge in [-0.25, -0.2) is 4.79 Å². The van der Waals surface area contributed by atoms with E-state index in [1.807, 2.05) is 6.92 Å². The van der Waals surface area contributed by atoms with E-state index >= 15 is 0 Å². The number of halogens is 2. The Morgan fingerprint density at radius 2 is 2.00 bits per heavy atom. The number of rotatable bonds is 5. The van der Waals surface area contributed by atoms with Crippen molar-refractivity contribution in [2.75, 3.05) is 5.32 Å². The third-order valence-electron chi connectivity index (χ3n) is 2.94. The number of para-hydroxylation sites is 1. The molecular weight excluding hydrogens is 361 g/mol. The normalized spacial score (nSPS) is 11.8. The van der Waals surface area contributed by atoms with Gasteiger partial charge in [-0.1, -0.05) is 40.7 Å². The summed E-state index contributed by atoms with van der Waals surface area (Å²) >= 11 is 12.9. The van der Waals surface area contributed by atoms with E-state index in [-0.39, 0.29) is 5.69 Å². The molecule has 1 aromatic heterocycles. The number of benzene rings is 1. The first-order valence-electron chi connectivity index (χ1n) is 6.71. The molecule has 2 rings (SSSR count). The first kappa shape index (κ1) is 17.7. The van der Waals surface area contributed by atoms with Crippen molar-refractivity contribution < 1.29 is 14.3 Å². The highest BCUT2D eigenvalue weighted by molar-refractivity contribution is 7.07. The van der Waals surface area contributed by atoms with Crippen LogP contribution in [0.3, 0.4) is 0 Å². The van der Waals surface area contributed by atoms with Crippen LogP contribution in [0.25, 0.3) is 0 Å². The molecule has 1 atom stereocenters. The monoisotopic (exact) mass is 373 g/mol. The van der Waals surface area contributed by atoms with Crippen molar-refractivity contribution in [2.45, 2.75) is 26.4 Å². The highest BCUT2D eigenvalue weighted by Crippen LogP contribution is 2.30. The number of hydrogen-bond acceptors (Lipinski definition) is 6. The van der Waals surface area contributed by atoms with E-state index < -0.39 is 18.0 Å². The fourth-order valence-corrected chi connectivity index (χ4v) is 2.83. The zero-order valence-electron chi connectivity index (χ0n) is 12.3. The SMILES string of the molecule is CCc1nnsc1C(=O)O[C@H](C)C(=O)Nc1c(Cl)cccc1Cl. The Morgan fingerprint density at radius 1 is 1.35 bits per heavy atom. The standard InChI is InChI=1S/C14H13Cl2N3O3S/c1-3-10-12(23-19-18-10)14(21)22-7(2)13(20)17-11-8(15)5-4-6-9(11)16/h4-7H,3H2,1-2H3,(H,17,20)/t7-/m1/s1. The molecule has 23 heavy (non-hydrogen) atoms. The maximum absolute atomic E-state index is 12.1. The molecule has 0 spiro atoms. The van der Waals surface area contributed by atoms with Crippen molar-refractivity contribution in [3.05, 3.63) is 38.8 Å². The van der Waals surface area contributed by atoms with E-state index in [1.54, 1.807) is 18.2 Å². The largest absolute Gasteiger partial charge is 0.448 e. The van der Waals surface area contributed by atoms with Crippen LogP contribution in [0.15, 0.2) is 18.2 Å². The third-order valence-corrected chi connectivity index (χ3v) is 4.32. The van der Waals surface area contributed by atoms with Gasteiger partial charge in [0.2, 0.25) is 0 Å². The fourth-order valence-electron chi connectivity index (χ4n) is 1.70. The second-order valence-corrected chi connectivity index (χ2v) is 6.10. The molecule has 122 valence electrons. The van der Waals surface area contributed by atoms with Crippen LogP contribution in [0.1, 0.15) is 29.2 Å². The van der Waals surface area contributed by atoms with E-state index in [1.165, 1.54) is 6.92 Å². The number of ether oxygens (including phenoxy) is 1. The Bertz CT molecular complexity index is 716. The maximum Gasteiger partial charge on any atom is 0.352 e. The quantitative estimate of drug-likeness (QED) is 0.809. The molecule has 0 saturated carbocycles. The van der Waals surface area contributed by atoms with Crippen molar-refractivity contribution >= 4 is 52.3 Å². The van der Waals surface area contributed by atoms with Crippen molar-refractivity contribution in [1.29, 1.82) is 0 Å². The third kappa shape index (κ3) is 4.19. The predicted octanol–water partition coefficient (Wildman–Crippen LogP) is 3.59. The Balaban J connectivity index is 2.04. The molecule has 1 N–H and O–H groups in total. The molecule has 1 aromatic carbocycles. The van der Waals surface area contributed by atoms with Gasteiger partial charge in [0.1, 0.15) is 0 Å². The van der Waals surface area contributed by atoms with Crippen LogP contribution >= 0.6 is 34.7 Å². The lowest BCUT2D eigenvalue weighted by Gasteiger charge is -2.14. The highest BCUT2D eigenvalue weighted by Gasteiger charge is 2.23. The van der Waals surface area contributed by atoms with Gasteiger partial charge in [0, 0.05) is 0 Å². The van der Waals surface area contributed by atoms with Crippen LogP contribution < -0.4 is 5.32 Å². The number of carbonyl (C=O) groups excluding carboxylic acids is 2. The summed E-state index contributed by atoms with van der Waals surface area (Å²) in [5, 5.41) is 6.97. The molecule has 2 aromatic rings. The summed E-state index contributed by atoms with van der Waals surface area (Å²) in [7, 11) is 0. The highest BCUT2D eigenvalue weighted by atomic mass is 35.5. The molecule has 0 fully saturated rings. The minimum atomic E-state index is -1.03. The molecule has 1 heterocycles. The summed E-state index contributed by atoms with van der Waals surface area (Å²) in [5.74, 6) is -1.17. The van der Waals surface area contributed by atoms with E-state index in [2.05, 4.69) is 14.9 Å². The van der Waals surface area contributed by atoms with Gasteiger partial charge in [-0.05, 0) is 37.0 Å². The van der Waals surface area contributed by atoms with Crippen LogP contribution in [-0.2, 0) is 16.0 Å². The van der Waals surface area contributed by atoms with Gasteiger partial charge in [0.25, 0.3) is 5.91 Å². The van der Waals surface area contributed by atoms with Gasteiger partial charge in [-0.3, -0.25) is 4.79 Å². The molecule has 0 aliphatic carbocycles. The first-order valence-corrected chi connectivity index (χ1v) is 8.24. The number of amides is 1. The average Bonchev–Trinajstić information content (AvgIpc) is 2.99. The molecule has 0 aliphatic rings. The van der Waals surface area contributed by atoms with Gasteiger partial charge in [-0.2, -0.15) is 0 Å². The molecule has 6 nitrogen and oxygen atoms in total. The Morgan fingerprint density at radius 3 is 2.61 bits per heavy atom. The van der Waals surface area contributed by atoms with Gasteiger partial charge in [-0.15, -0.1) is 5.10 Å². The minimum Gasteiger partial charge on any atom is -0.448 e. The summed E-state index contributed by atoms with van der Waals surface area (Å²) in [5.41, 5.74) is 0.819. The van der Waals surface area contributed by atoms with Gasteiger partial charge in [0.15, 0.2) is 11.0 Å².